The minimum atomic E-state index is -0.470. The van der Waals surface area contributed by atoms with Gasteiger partial charge in [-0.2, -0.15) is 20.6 Å². The van der Waals surface area contributed by atoms with E-state index < -0.39 is 5.97 Å². The average Bonchev–Trinajstić information content (AvgIpc) is 3.44. The number of nitrogens with one attached hydrogen (secondary N) is 1. The maximum Gasteiger partial charge on any atom is 0.356 e. The van der Waals surface area contributed by atoms with Crippen LogP contribution >= 0.6 is 0 Å². The van der Waals surface area contributed by atoms with Crippen LogP contribution in [0.25, 0.3) is 28.2 Å². The first-order valence-corrected chi connectivity index (χ1v) is 11.1. The van der Waals surface area contributed by atoms with Crippen molar-refractivity contribution in [2.45, 2.75) is 31.9 Å². The van der Waals surface area contributed by atoms with E-state index in [4.69, 9.17) is 14.5 Å². The van der Waals surface area contributed by atoms with Gasteiger partial charge in [-0.25, -0.2) is 14.3 Å². The molecule has 0 amide bonds. The highest BCUT2D eigenvalue weighted by molar-refractivity contribution is 5.88. The highest BCUT2D eigenvalue weighted by atomic mass is 16.5. The number of nitrogens with zero attached hydrogens (tertiary/aromatic N) is 7. The van der Waals surface area contributed by atoms with Gasteiger partial charge >= 0.3 is 5.97 Å². The number of aromatic nitrogens is 7. The SMILES string of the molecule is CCOC(=O)c1cc(-c2cn3nccc3c(-c3cnn(C4C5[C@H](OC)C[C@@]54CC#N)c3)n2)n[nH]1. The number of hydrogen-bond acceptors (Lipinski definition) is 8. The van der Waals surface area contributed by atoms with Gasteiger partial charge in [-0.05, 0) is 19.4 Å². The molecular formula is C23H22N8O3. The first kappa shape index (κ1) is 20.6. The fourth-order valence-electron chi connectivity index (χ4n) is 5.41. The summed E-state index contributed by atoms with van der Waals surface area (Å²) in [7, 11) is 1.72. The molecule has 6 rings (SSSR count). The molecule has 0 saturated heterocycles. The molecule has 2 unspecified atom stereocenters. The van der Waals surface area contributed by atoms with Crippen molar-refractivity contribution in [2.24, 2.45) is 11.3 Å². The van der Waals surface area contributed by atoms with Gasteiger partial charge in [-0.3, -0.25) is 9.78 Å². The molecule has 0 aromatic carbocycles. The zero-order valence-corrected chi connectivity index (χ0v) is 18.7. The van der Waals surface area contributed by atoms with Crippen LogP contribution in [-0.4, -0.2) is 60.4 Å². The summed E-state index contributed by atoms with van der Waals surface area (Å²) >= 11 is 0. The molecule has 0 bridgehead atoms. The first-order chi connectivity index (χ1) is 16.6. The van der Waals surface area contributed by atoms with Gasteiger partial charge in [0.15, 0.2) is 0 Å². The van der Waals surface area contributed by atoms with E-state index in [1.165, 1.54) is 0 Å². The largest absolute Gasteiger partial charge is 0.461 e. The summed E-state index contributed by atoms with van der Waals surface area (Å²) in [5.74, 6) is -0.160. The molecule has 34 heavy (non-hydrogen) atoms. The third-order valence-corrected chi connectivity index (χ3v) is 7.06. The molecule has 4 heterocycles. The van der Waals surface area contributed by atoms with Crippen LogP contribution in [0.1, 0.15) is 36.3 Å². The maximum absolute atomic E-state index is 12.0. The van der Waals surface area contributed by atoms with Gasteiger partial charge in [-0.1, -0.05) is 0 Å². The summed E-state index contributed by atoms with van der Waals surface area (Å²) < 4.78 is 14.3. The number of methoxy groups -OCH3 is 1. The lowest BCUT2D eigenvalue weighted by Crippen LogP contribution is -2.32. The molecule has 2 fully saturated rings. The summed E-state index contributed by atoms with van der Waals surface area (Å²) in [5.41, 5.74) is 3.63. The number of carbonyl (C=O) groups excluding carboxylic acids is 1. The van der Waals surface area contributed by atoms with E-state index in [2.05, 4.69) is 26.5 Å². The van der Waals surface area contributed by atoms with E-state index in [0.717, 1.165) is 17.5 Å². The Morgan fingerprint density at radius 1 is 1.35 bits per heavy atom. The minimum absolute atomic E-state index is 0.0432. The predicted molar refractivity (Wildman–Crippen MR) is 118 cm³/mol. The third-order valence-electron chi connectivity index (χ3n) is 7.06. The Morgan fingerprint density at radius 3 is 3.03 bits per heavy atom. The second-order valence-electron chi connectivity index (χ2n) is 8.75. The first-order valence-electron chi connectivity index (χ1n) is 11.1. The highest BCUT2D eigenvalue weighted by Crippen LogP contribution is 2.76. The van der Waals surface area contributed by atoms with Crippen LogP contribution in [0.5, 0.6) is 0 Å². The van der Waals surface area contributed by atoms with Crippen LogP contribution in [0.2, 0.25) is 0 Å². The molecule has 0 spiro atoms. The molecule has 1 N–H and O–H groups in total. The Kier molecular flexibility index (Phi) is 4.53. The Morgan fingerprint density at radius 2 is 2.24 bits per heavy atom. The van der Waals surface area contributed by atoms with E-state index >= 15 is 0 Å². The Balaban J connectivity index is 1.36. The molecular weight excluding hydrogens is 436 g/mol. The van der Waals surface area contributed by atoms with Crippen molar-refractivity contribution in [3.63, 3.8) is 0 Å². The van der Waals surface area contributed by atoms with Gasteiger partial charge in [-0.15, -0.1) is 0 Å². The number of aromatic amines is 1. The number of hydrogen-bond donors (Lipinski definition) is 1. The van der Waals surface area contributed by atoms with E-state index in [-0.39, 0.29) is 29.9 Å². The standard InChI is InChI=1S/C23H22N8O3/c1-3-34-22(32)15-8-14(28-29-15)16-12-30-17(4-7-25-30)20(27-16)13-10-26-31(11-13)21-19-18(33-2)9-23(19,21)5-6-24/h4,7-8,10-12,18-19,21H,3,5,9H2,1-2H3,(H,28,29)/t18-,19?,21?,23+/m1/s1. The zero-order chi connectivity index (χ0) is 23.4. The molecule has 11 heteroatoms. The number of fused-ring (bicyclic) bond motifs is 2. The van der Waals surface area contributed by atoms with Crippen molar-refractivity contribution in [1.29, 1.82) is 5.26 Å². The molecule has 2 saturated carbocycles. The lowest BCUT2D eigenvalue weighted by atomic mass is 9.80. The van der Waals surface area contributed by atoms with Gasteiger partial charge < -0.3 is 9.47 Å². The topological polar surface area (TPSA) is 136 Å². The van der Waals surface area contributed by atoms with E-state index in [9.17, 15) is 10.1 Å². The van der Waals surface area contributed by atoms with Crippen LogP contribution in [0.15, 0.2) is 36.9 Å². The fourth-order valence-corrected chi connectivity index (χ4v) is 5.41. The molecule has 11 nitrogen and oxygen atoms in total. The van der Waals surface area contributed by atoms with E-state index in [0.29, 0.717) is 29.4 Å². The van der Waals surface area contributed by atoms with Crippen molar-refractivity contribution < 1.29 is 14.3 Å². The molecule has 2 aliphatic carbocycles. The van der Waals surface area contributed by atoms with Gasteiger partial charge in [0, 0.05) is 42.7 Å². The summed E-state index contributed by atoms with van der Waals surface area (Å²) in [6.45, 7) is 2.03. The Hall–Kier alpha value is -4.04. The fraction of sp³-hybridized carbons (Fsp3) is 0.391. The zero-order valence-electron chi connectivity index (χ0n) is 18.7. The molecule has 0 radical (unpaired) electrons. The van der Waals surface area contributed by atoms with E-state index in [1.54, 1.807) is 43.2 Å². The average molecular weight is 458 g/mol. The normalized spacial score (nSPS) is 24.9. The molecule has 4 aromatic heterocycles. The van der Waals surface area contributed by atoms with Crippen LogP contribution in [0, 0.1) is 22.7 Å². The molecule has 172 valence electrons. The number of rotatable bonds is 7. The van der Waals surface area contributed by atoms with Crippen molar-refractivity contribution >= 4 is 11.5 Å². The summed E-state index contributed by atoms with van der Waals surface area (Å²) in [6, 6.07) is 5.98. The van der Waals surface area contributed by atoms with Crippen molar-refractivity contribution in [2.75, 3.05) is 13.7 Å². The number of esters is 1. The Bertz CT molecular complexity index is 1450. The lowest BCUT2D eigenvalue weighted by Gasteiger charge is -2.30. The molecule has 4 aromatic rings. The minimum Gasteiger partial charge on any atom is -0.461 e. The van der Waals surface area contributed by atoms with Crippen molar-refractivity contribution in [1.82, 2.24) is 34.6 Å². The summed E-state index contributed by atoms with van der Waals surface area (Å²) in [6.07, 6.45) is 8.78. The lowest BCUT2D eigenvalue weighted by molar-refractivity contribution is -0.00412. The maximum atomic E-state index is 12.0. The van der Waals surface area contributed by atoms with E-state index in [1.807, 2.05) is 16.9 Å². The van der Waals surface area contributed by atoms with Gasteiger partial charge in [0.2, 0.25) is 0 Å². The number of carbonyl (C=O) groups is 1. The predicted octanol–water partition coefficient (Wildman–Crippen LogP) is 2.65. The van der Waals surface area contributed by atoms with Crippen LogP contribution < -0.4 is 0 Å². The van der Waals surface area contributed by atoms with Gasteiger partial charge in [0.1, 0.15) is 17.1 Å². The second-order valence-corrected chi connectivity index (χ2v) is 8.75. The number of nitriles is 1. The van der Waals surface area contributed by atoms with Gasteiger partial charge in [0.25, 0.3) is 0 Å². The molecule has 2 aliphatic rings. The second kappa shape index (κ2) is 7.50. The van der Waals surface area contributed by atoms with Gasteiger partial charge in [0.05, 0.1) is 54.6 Å². The highest BCUT2D eigenvalue weighted by Gasteiger charge is 2.77. The van der Waals surface area contributed by atoms with Crippen LogP contribution in [0.4, 0.5) is 0 Å². The third kappa shape index (κ3) is 2.88. The quantitative estimate of drug-likeness (QED) is 0.418. The molecule has 0 aliphatic heterocycles. The number of H-pyrrole nitrogens is 1. The monoisotopic (exact) mass is 458 g/mol. The van der Waals surface area contributed by atoms with Crippen molar-refractivity contribution in [3.8, 4) is 28.7 Å². The molecule has 4 atom stereocenters. The summed E-state index contributed by atoms with van der Waals surface area (Å²) in [5, 5.41) is 25.3. The van der Waals surface area contributed by atoms with Crippen LogP contribution in [0.3, 0.4) is 0 Å². The number of ether oxygens (including phenoxy) is 2. The van der Waals surface area contributed by atoms with Crippen molar-refractivity contribution in [3.05, 3.63) is 42.6 Å². The van der Waals surface area contributed by atoms with Crippen LogP contribution in [-0.2, 0) is 9.47 Å². The summed E-state index contributed by atoms with van der Waals surface area (Å²) in [4.78, 5) is 16.9. The Labute approximate surface area is 194 Å². The smallest absolute Gasteiger partial charge is 0.356 e.